The highest BCUT2D eigenvalue weighted by Gasteiger charge is 2.50. The maximum absolute atomic E-state index is 11.8. The molecular weight excluding hydrogens is 212 g/mol. The fourth-order valence-electron chi connectivity index (χ4n) is 3.81. The SMILES string of the molecule is CC1=CCC2C(C)C(=O)OC2C2C(C)=CCC12. The van der Waals surface area contributed by atoms with Crippen molar-refractivity contribution >= 4 is 5.97 Å². The second-order valence-corrected chi connectivity index (χ2v) is 5.85. The van der Waals surface area contributed by atoms with Gasteiger partial charge >= 0.3 is 5.97 Å². The van der Waals surface area contributed by atoms with E-state index in [-0.39, 0.29) is 18.0 Å². The van der Waals surface area contributed by atoms with E-state index in [2.05, 4.69) is 26.0 Å². The molecule has 0 radical (unpaired) electrons. The van der Waals surface area contributed by atoms with Crippen LogP contribution in [0.5, 0.6) is 0 Å². The lowest BCUT2D eigenvalue weighted by atomic mass is 9.78. The van der Waals surface area contributed by atoms with Crippen LogP contribution in [0.25, 0.3) is 0 Å². The molecule has 0 N–H and O–H groups in total. The Morgan fingerprint density at radius 3 is 2.65 bits per heavy atom. The molecule has 0 saturated carbocycles. The van der Waals surface area contributed by atoms with Crippen LogP contribution >= 0.6 is 0 Å². The summed E-state index contributed by atoms with van der Waals surface area (Å²) < 4.78 is 5.68. The summed E-state index contributed by atoms with van der Waals surface area (Å²) in [5.41, 5.74) is 2.90. The number of fused-ring (bicyclic) bond motifs is 3. The molecule has 92 valence electrons. The van der Waals surface area contributed by atoms with Crippen molar-refractivity contribution in [3.63, 3.8) is 0 Å². The van der Waals surface area contributed by atoms with Crippen LogP contribution in [0.15, 0.2) is 23.3 Å². The number of esters is 1. The lowest BCUT2D eigenvalue weighted by molar-refractivity contribution is -0.145. The highest BCUT2D eigenvalue weighted by Crippen LogP contribution is 2.48. The van der Waals surface area contributed by atoms with E-state index >= 15 is 0 Å². The van der Waals surface area contributed by atoms with Crippen LogP contribution in [-0.4, -0.2) is 12.1 Å². The van der Waals surface area contributed by atoms with Gasteiger partial charge in [0, 0.05) is 11.8 Å². The zero-order chi connectivity index (χ0) is 12.2. The van der Waals surface area contributed by atoms with Crippen LogP contribution < -0.4 is 0 Å². The van der Waals surface area contributed by atoms with Crippen LogP contribution in [0.2, 0.25) is 0 Å². The van der Waals surface area contributed by atoms with Crippen LogP contribution in [-0.2, 0) is 9.53 Å². The third-order valence-corrected chi connectivity index (χ3v) is 4.99. The van der Waals surface area contributed by atoms with Crippen LogP contribution in [0.4, 0.5) is 0 Å². The first-order chi connectivity index (χ1) is 8.09. The van der Waals surface area contributed by atoms with Gasteiger partial charge in [-0.2, -0.15) is 0 Å². The minimum absolute atomic E-state index is 0.00593. The van der Waals surface area contributed by atoms with Crippen molar-refractivity contribution in [3.05, 3.63) is 23.3 Å². The van der Waals surface area contributed by atoms with Crippen molar-refractivity contribution in [1.82, 2.24) is 0 Å². The minimum Gasteiger partial charge on any atom is -0.461 e. The van der Waals surface area contributed by atoms with Gasteiger partial charge in [0.05, 0.1) is 5.92 Å². The summed E-state index contributed by atoms with van der Waals surface area (Å²) in [4.78, 5) is 11.8. The Labute approximate surface area is 103 Å². The molecule has 2 heteroatoms. The first kappa shape index (κ1) is 11.1. The van der Waals surface area contributed by atoms with Gasteiger partial charge in [0.25, 0.3) is 0 Å². The maximum atomic E-state index is 11.8. The number of ether oxygens (including phenoxy) is 1. The number of carbonyl (C=O) groups is 1. The van der Waals surface area contributed by atoms with E-state index in [9.17, 15) is 4.79 Å². The van der Waals surface area contributed by atoms with E-state index in [1.54, 1.807) is 0 Å². The average molecular weight is 232 g/mol. The summed E-state index contributed by atoms with van der Waals surface area (Å²) in [7, 11) is 0. The monoisotopic (exact) mass is 232 g/mol. The Hall–Kier alpha value is -1.05. The molecule has 5 atom stereocenters. The molecule has 0 aromatic heterocycles. The predicted molar refractivity (Wildman–Crippen MR) is 66.3 cm³/mol. The number of carbonyl (C=O) groups excluding carboxylic acids is 1. The first-order valence-electron chi connectivity index (χ1n) is 6.63. The number of hydrogen-bond donors (Lipinski definition) is 0. The summed E-state index contributed by atoms with van der Waals surface area (Å²) in [6.07, 6.45) is 6.91. The van der Waals surface area contributed by atoms with Gasteiger partial charge < -0.3 is 4.74 Å². The zero-order valence-electron chi connectivity index (χ0n) is 10.8. The fourth-order valence-corrected chi connectivity index (χ4v) is 3.81. The van der Waals surface area contributed by atoms with Gasteiger partial charge in [-0.15, -0.1) is 0 Å². The molecule has 1 saturated heterocycles. The van der Waals surface area contributed by atoms with E-state index in [1.165, 1.54) is 11.1 Å². The molecule has 1 aliphatic heterocycles. The third kappa shape index (κ3) is 1.50. The van der Waals surface area contributed by atoms with Gasteiger partial charge in [-0.1, -0.05) is 30.2 Å². The molecule has 3 rings (SSSR count). The average Bonchev–Trinajstić information content (AvgIpc) is 2.75. The maximum Gasteiger partial charge on any atom is 0.309 e. The Morgan fingerprint density at radius 1 is 1.18 bits per heavy atom. The lowest BCUT2D eigenvalue weighted by Gasteiger charge is -2.28. The summed E-state index contributed by atoms with van der Waals surface area (Å²) in [5, 5.41) is 0. The second kappa shape index (κ2) is 3.72. The molecule has 17 heavy (non-hydrogen) atoms. The highest BCUT2D eigenvalue weighted by molar-refractivity contribution is 5.75. The molecule has 0 aromatic rings. The summed E-state index contributed by atoms with van der Waals surface area (Å²) >= 11 is 0. The summed E-state index contributed by atoms with van der Waals surface area (Å²) in [5.74, 6) is 1.47. The Bertz CT molecular complexity index is 419. The van der Waals surface area contributed by atoms with Crippen molar-refractivity contribution in [1.29, 1.82) is 0 Å². The topological polar surface area (TPSA) is 26.3 Å². The molecule has 1 heterocycles. The summed E-state index contributed by atoms with van der Waals surface area (Å²) in [6, 6.07) is 0. The first-order valence-corrected chi connectivity index (χ1v) is 6.63. The molecule has 0 spiro atoms. The largest absolute Gasteiger partial charge is 0.461 e. The Morgan fingerprint density at radius 2 is 1.88 bits per heavy atom. The second-order valence-electron chi connectivity index (χ2n) is 5.85. The molecule has 0 aromatic carbocycles. The van der Waals surface area contributed by atoms with E-state index in [4.69, 9.17) is 4.74 Å². The molecule has 1 fully saturated rings. The van der Waals surface area contributed by atoms with E-state index in [0.29, 0.717) is 17.8 Å². The quantitative estimate of drug-likeness (QED) is 0.474. The number of hydrogen-bond acceptors (Lipinski definition) is 2. The van der Waals surface area contributed by atoms with Crippen molar-refractivity contribution in [2.45, 2.75) is 39.7 Å². The lowest BCUT2D eigenvalue weighted by Crippen LogP contribution is -2.30. The molecule has 2 aliphatic carbocycles. The minimum atomic E-state index is 0.00593. The van der Waals surface area contributed by atoms with E-state index in [1.807, 2.05) is 6.92 Å². The Kier molecular flexibility index (Phi) is 2.42. The number of allylic oxidation sites excluding steroid dienone is 3. The molecule has 3 aliphatic rings. The normalized spacial score (nSPS) is 44.4. The number of rotatable bonds is 0. The van der Waals surface area contributed by atoms with Crippen molar-refractivity contribution < 1.29 is 9.53 Å². The molecule has 0 amide bonds. The fraction of sp³-hybridized carbons (Fsp3) is 0.667. The van der Waals surface area contributed by atoms with Gasteiger partial charge in [-0.05, 0) is 32.6 Å². The summed E-state index contributed by atoms with van der Waals surface area (Å²) in [6.45, 7) is 6.44. The zero-order valence-corrected chi connectivity index (χ0v) is 10.8. The van der Waals surface area contributed by atoms with Gasteiger partial charge in [0.2, 0.25) is 0 Å². The van der Waals surface area contributed by atoms with Gasteiger partial charge in [-0.25, -0.2) is 0 Å². The smallest absolute Gasteiger partial charge is 0.309 e. The third-order valence-electron chi connectivity index (χ3n) is 4.99. The molecule has 0 bridgehead atoms. The molecule has 2 nitrogen and oxygen atoms in total. The predicted octanol–water partition coefficient (Wildman–Crippen LogP) is 3.10. The van der Waals surface area contributed by atoms with Crippen molar-refractivity contribution in [2.75, 3.05) is 0 Å². The van der Waals surface area contributed by atoms with Crippen molar-refractivity contribution in [3.8, 4) is 0 Å². The standard InChI is InChI=1S/C15H20O2/c1-8-4-7-12-10(3)15(16)17-14(12)13-9(2)5-6-11(8)13/h4-5,10-14H,6-7H2,1-3H3. The van der Waals surface area contributed by atoms with Crippen LogP contribution in [0.3, 0.4) is 0 Å². The van der Waals surface area contributed by atoms with Gasteiger partial charge in [0.1, 0.15) is 6.10 Å². The van der Waals surface area contributed by atoms with E-state index < -0.39 is 0 Å². The Balaban J connectivity index is 2.00. The van der Waals surface area contributed by atoms with Crippen LogP contribution in [0.1, 0.15) is 33.6 Å². The van der Waals surface area contributed by atoms with Gasteiger partial charge in [-0.3, -0.25) is 4.79 Å². The van der Waals surface area contributed by atoms with E-state index in [0.717, 1.165) is 12.8 Å². The molecular formula is C15H20O2. The molecule has 5 unspecified atom stereocenters. The highest BCUT2D eigenvalue weighted by atomic mass is 16.6. The van der Waals surface area contributed by atoms with Crippen molar-refractivity contribution in [2.24, 2.45) is 23.7 Å². The van der Waals surface area contributed by atoms with Gasteiger partial charge in [0.15, 0.2) is 0 Å². The van der Waals surface area contributed by atoms with Crippen LogP contribution in [0, 0.1) is 23.7 Å².